The van der Waals surface area contributed by atoms with Crippen molar-refractivity contribution in [3.05, 3.63) is 11.6 Å². The van der Waals surface area contributed by atoms with Crippen LogP contribution in [0.25, 0.3) is 0 Å². The Balaban J connectivity index is 0.000000500. The minimum absolute atomic E-state index is 0.139. The van der Waals surface area contributed by atoms with E-state index in [1.165, 1.54) is 13.3 Å². The Kier molecular flexibility index (Phi) is 4.63. The average Bonchev–Trinajstić information content (AvgIpc) is 2.13. The summed E-state index contributed by atoms with van der Waals surface area (Å²) in [6, 6.07) is 0.963. The first kappa shape index (κ1) is 12.4. The van der Waals surface area contributed by atoms with Gasteiger partial charge in [-0.1, -0.05) is 20.3 Å². The first-order valence-electron chi connectivity index (χ1n) is 4.39. The zero-order valence-electron chi connectivity index (χ0n) is 8.57. The van der Waals surface area contributed by atoms with Crippen molar-refractivity contribution in [1.82, 2.24) is 0 Å². The lowest BCUT2D eigenvalue weighted by Crippen LogP contribution is -1.78. The van der Waals surface area contributed by atoms with Gasteiger partial charge < -0.3 is 20.4 Å². The molecule has 0 saturated heterocycles. The molecular weight excluding hydrogens is 184 g/mol. The highest BCUT2D eigenvalue weighted by Crippen LogP contribution is 2.41. The maximum atomic E-state index is 9.00. The SMILES string of the molecule is CCC.Cc1c(O)cc(O)c(O)c1O. The van der Waals surface area contributed by atoms with Crippen LogP contribution < -0.4 is 0 Å². The predicted molar refractivity (Wildman–Crippen MR) is 53.8 cm³/mol. The summed E-state index contributed by atoms with van der Waals surface area (Å²) >= 11 is 0. The van der Waals surface area contributed by atoms with Gasteiger partial charge in [0.05, 0.1) is 0 Å². The lowest BCUT2D eigenvalue weighted by atomic mass is 10.2. The van der Waals surface area contributed by atoms with Gasteiger partial charge in [0.25, 0.3) is 0 Å². The fourth-order valence-corrected chi connectivity index (χ4v) is 0.726. The van der Waals surface area contributed by atoms with Gasteiger partial charge in [0.2, 0.25) is 5.75 Å². The molecule has 0 saturated carbocycles. The van der Waals surface area contributed by atoms with Gasteiger partial charge in [-0.2, -0.15) is 0 Å². The van der Waals surface area contributed by atoms with Gasteiger partial charge in [-0.25, -0.2) is 0 Å². The van der Waals surface area contributed by atoms with E-state index in [4.69, 9.17) is 20.4 Å². The van der Waals surface area contributed by atoms with E-state index in [-0.39, 0.29) is 11.3 Å². The number of rotatable bonds is 0. The van der Waals surface area contributed by atoms with Crippen LogP contribution in [0.5, 0.6) is 23.0 Å². The van der Waals surface area contributed by atoms with Crippen molar-refractivity contribution in [1.29, 1.82) is 0 Å². The average molecular weight is 200 g/mol. The van der Waals surface area contributed by atoms with Crippen LogP contribution in [0.2, 0.25) is 0 Å². The topological polar surface area (TPSA) is 80.9 Å². The Bertz CT molecular complexity index is 281. The van der Waals surface area contributed by atoms with E-state index in [9.17, 15) is 0 Å². The Morgan fingerprint density at radius 1 is 0.929 bits per heavy atom. The van der Waals surface area contributed by atoms with Crippen LogP contribution in [-0.2, 0) is 0 Å². The molecule has 0 bridgehead atoms. The van der Waals surface area contributed by atoms with Crippen molar-refractivity contribution >= 4 is 0 Å². The van der Waals surface area contributed by atoms with Gasteiger partial charge in [-0.05, 0) is 6.92 Å². The van der Waals surface area contributed by atoms with E-state index in [1.54, 1.807) is 0 Å². The first-order valence-corrected chi connectivity index (χ1v) is 4.39. The van der Waals surface area contributed by atoms with Gasteiger partial charge in [-0.15, -0.1) is 0 Å². The third kappa shape index (κ3) is 2.73. The molecule has 0 aliphatic rings. The second-order valence-electron chi connectivity index (χ2n) is 2.94. The lowest BCUT2D eigenvalue weighted by Gasteiger charge is -2.05. The molecule has 0 amide bonds. The van der Waals surface area contributed by atoms with Crippen LogP contribution in [-0.4, -0.2) is 20.4 Å². The molecule has 0 aliphatic heterocycles. The van der Waals surface area contributed by atoms with E-state index in [0.29, 0.717) is 0 Å². The molecule has 0 heterocycles. The summed E-state index contributed by atoms with van der Waals surface area (Å²) in [7, 11) is 0. The molecule has 0 aliphatic carbocycles. The number of aromatic hydroxyl groups is 4. The molecule has 14 heavy (non-hydrogen) atoms. The maximum absolute atomic E-state index is 9.00. The molecule has 4 N–H and O–H groups in total. The molecule has 4 nitrogen and oxygen atoms in total. The summed E-state index contributed by atoms with van der Waals surface area (Å²) in [4.78, 5) is 0. The van der Waals surface area contributed by atoms with Crippen molar-refractivity contribution in [3.63, 3.8) is 0 Å². The molecule has 80 valence electrons. The minimum atomic E-state index is -0.611. The predicted octanol–water partition coefficient (Wildman–Crippen LogP) is 2.23. The van der Waals surface area contributed by atoms with Crippen molar-refractivity contribution in [2.45, 2.75) is 27.2 Å². The number of benzene rings is 1. The molecule has 4 heteroatoms. The quantitative estimate of drug-likeness (QED) is 0.382. The highest BCUT2D eigenvalue weighted by atomic mass is 16.3. The standard InChI is InChI=1S/C7H8O4.C3H8/c1-3-4(8)2-5(9)7(11)6(3)10;1-3-2/h2,8-11H,1H3;3H2,1-2H3. The largest absolute Gasteiger partial charge is 0.507 e. The highest BCUT2D eigenvalue weighted by Gasteiger charge is 2.12. The van der Waals surface area contributed by atoms with E-state index in [1.807, 2.05) is 0 Å². The minimum Gasteiger partial charge on any atom is -0.507 e. The summed E-state index contributed by atoms with van der Waals surface area (Å²) < 4.78 is 0. The van der Waals surface area contributed by atoms with Crippen LogP contribution in [0.4, 0.5) is 0 Å². The number of hydrogen-bond acceptors (Lipinski definition) is 4. The van der Waals surface area contributed by atoms with Crippen LogP contribution in [0.3, 0.4) is 0 Å². The third-order valence-corrected chi connectivity index (χ3v) is 1.48. The van der Waals surface area contributed by atoms with Crippen LogP contribution in [0, 0.1) is 6.92 Å². The van der Waals surface area contributed by atoms with Crippen molar-refractivity contribution in [2.75, 3.05) is 0 Å². The molecule has 0 unspecified atom stereocenters. The Morgan fingerprint density at radius 2 is 1.36 bits per heavy atom. The number of hydrogen-bond donors (Lipinski definition) is 4. The maximum Gasteiger partial charge on any atom is 0.200 e. The lowest BCUT2D eigenvalue weighted by molar-refractivity contribution is 0.358. The summed E-state index contributed by atoms with van der Waals surface area (Å²) in [6.45, 7) is 5.67. The van der Waals surface area contributed by atoms with Gasteiger partial charge >= 0.3 is 0 Å². The summed E-state index contributed by atoms with van der Waals surface area (Å²) in [5, 5.41) is 35.7. The number of phenolic OH excluding ortho intramolecular Hbond substituents is 4. The normalized spacial score (nSPS) is 9.07. The fourth-order valence-electron chi connectivity index (χ4n) is 0.726. The Labute approximate surface area is 83.1 Å². The van der Waals surface area contributed by atoms with E-state index in [2.05, 4.69) is 13.8 Å². The van der Waals surface area contributed by atoms with Crippen molar-refractivity contribution in [3.8, 4) is 23.0 Å². The summed E-state index contributed by atoms with van der Waals surface area (Å²) in [5.74, 6) is -1.90. The van der Waals surface area contributed by atoms with E-state index >= 15 is 0 Å². The summed E-state index contributed by atoms with van der Waals surface area (Å²) in [6.07, 6.45) is 1.25. The Hall–Kier alpha value is -1.58. The molecule has 1 aromatic rings. The third-order valence-electron chi connectivity index (χ3n) is 1.48. The second kappa shape index (κ2) is 5.21. The molecule has 0 spiro atoms. The second-order valence-corrected chi connectivity index (χ2v) is 2.94. The first-order chi connectivity index (χ1) is 6.45. The smallest absolute Gasteiger partial charge is 0.200 e. The van der Waals surface area contributed by atoms with E-state index in [0.717, 1.165) is 6.07 Å². The zero-order chi connectivity index (χ0) is 11.3. The van der Waals surface area contributed by atoms with E-state index < -0.39 is 17.2 Å². The highest BCUT2D eigenvalue weighted by molar-refractivity contribution is 5.58. The van der Waals surface area contributed by atoms with Gasteiger partial charge in [-0.3, -0.25) is 0 Å². The molecule has 0 radical (unpaired) electrons. The molecule has 1 rings (SSSR count). The molecule has 0 aromatic heterocycles. The molecule has 1 aromatic carbocycles. The molecule has 0 fully saturated rings. The molecular formula is C10H16O4. The van der Waals surface area contributed by atoms with Gasteiger partial charge in [0.15, 0.2) is 11.5 Å². The van der Waals surface area contributed by atoms with Gasteiger partial charge in [0, 0.05) is 11.6 Å². The fraction of sp³-hybridized carbons (Fsp3) is 0.400. The van der Waals surface area contributed by atoms with Crippen molar-refractivity contribution < 1.29 is 20.4 Å². The van der Waals surface area contributed by atoms with Crippen molar-refractivity contribution in [2.24, 2.45) is 0 Å². The van der Waals surface area contributed by atoms with Crippen LogP contribution in [0.1, 0.15) is 25.8 Å². The monoisotopic (exact) mass is 200 g/mol. The summed E-state index contributed by atoms with van der Waals surface area (Å²) in [5.41, 5.74) is 0.139. The number of phenols is 4. The molecule has 0 atom stereocenters. The zero-order valence-corrected chi connectivity index (χ0v) is 8.57. The Morgan fingerprint density at radius 3 is 1.79 bits per heavy atom. The van der Waals surface area contributed by atoms with Gasteiger partial charge in [0.1, 0.15) is 5.75 Å². The van der Waals surface area contributed by atoms with Crippen LogP contribution in [0.15, 0.2) is 6.07 Å². The van der Waals surface area contributed by atoms with Crippen LogP contribution >= 0.6 is 0 Å².